The van der Waals surface area contributed by atoms with Crippen molar-refractivity contribution in [3.05, 3.63) is 0 Å². The second-order valence-corrected chi connectivity index (χ2v) is 6.23. The zero-order chi connectivity index (χ0) is 10.9. The molecule has 2 aliphatic rings. The molecule has 0 amide bonds. The van der Waals surface area contributed by atoms with Gasteiger partial charge in [-0.3, -0.25) is 0 Å². The van der Waals surface area contributed by atoms with Gasteiger partial charge in [0.25, 0.3) is 0 Å². The monoisotopic (exact) mass is 210 g/mol. The molecule has 1 N–H and O–H groups in total. The molecule has 0 radical (unpaired) electrons. The van der Waals surface area contributed by atoms with Crippen molar-refractivity contribution < 1.29 is 0 Å². The summed E-state index contributed by atoms with van der Waals surface area (Å²) >= 11 is 0. The van der Waals surface area contributed by atoms with Gasteiger partial charge in [-0.15, -0.1) is 0 Å². The van der Waals surface area contributed by atoms with Crippen LogP contribution in [0.2, 0.25) is 0 Å². The lowest BCUT2D eigenvalue weighted by molar-refractivity contribution is 0.342. The van der Waals surface area contributed by atoms with Crippen LogP contribution in [0, 0.1) is 11.3 Å². The molecule has 1 saturated heterocycles. The number of likely N-dealkylation sites (tertiary alicyclic amines) is 1. The van der Waals surface area contributed by atoms with Crippen LogP contribution in [0.25, 0.3) is 0 Å². The molecule has 2 rings (SSSR count). The molecule has 1 aliphatic carbocycles. The molecule has 1 aliphatic heterocycles. The second-order valence-electron chi connectivity index (χ2n) is 6.23. The summed E-state index contributed by atoms with van der Waals surface area (Å²) < 4.78 is 0. The van der Waals surface area contributed by atoms with E-state index in [2.05, 4.69) is 31.1 Å². The Balaban J connectivity index is 1.66. The van der Waals surface area contributed by atoms with E-state index in [1.165, 1.54) is 45.3 Å². The Morgan fingerprint density at radius 2 is 2.00 bits per heavy atom. The standard InChI is InChI=1S/C13H26N2/c1-13(2)9-11(13)10-14-12-5-4-7-15(3)8-6-12/h11-12,14H,4-10H2,1-3H3. The third kappa shape index (κ3) is 3.18. The smallest absolute Gasteiger partial charge is 0.00798 e. The Hall–Kier alpha value is -0.0800. The van der Waals surface area contributed by atoms with E-state index in [0.29, 0.717) is 5.41 Å². The highest BCUT2D eigenvalue weighted by Crippen LogP contribution is 2.51. The number of hydrogen-bond acceptors (Lipinski definition) is 2. The molecular weight excluding hydrogens is 184 g/mol. The molecule has 2 nitrogen and oxygen atoms in total. The fourth-order valence-electron chi connectivity index (χ4n) is 2.68. The van der Waals surface area contributed by atoms with Crippen molar-refractivity contribution in [1.29, 1.82) is 0 Å². The summed E-state index contributed by atoms with van der Waals surface area (Å²) in [5.41, 5.74) is 0.633. The first-order chi connectivity index (χ1) is 7.08. The summed E-state index contributed by atoms with van der Waals surface area (Å²) in [6.45, 7) is 8.58. The second kappa shape index (κ2) is 4.42. The van der Waals surface area contributed by atoms with Crippen LogP contribution in [-0.4, -0.2) is 37.6 Å². The van der Waals surface area contributed by atoms with Gasteiger partial charge >= 0.3 is 0 Å². The Kier molecular flexibility index (Phi) is 3.36. The molecule has 0 aromatic heterocycles. The van der Waals surface area contributed by atoms with Crippen molar-refractivity contribution in [3.63, 3.8) is 0 Å². The van der Waals surface area contributed by atoms with E-state index in [-0.39, 0.29) is 0 Å². The maximum absolute atomic E-state index is 3.77. The van der Waals surface area contributed by atoms with Gasteiger partial charge in [0.1, 0.15) is 0 Å². The van der Waals surface area contributed by atoms with Crippen LogP contribution in [-0.2, 0) is 0 Å². The molecule has 0 aromatic rings. The Labute approximate surface area is 94.4 Å². The number of rotatable bonds is 3. The van der Waals surface area contributed by atoms with Gasteiger partial charge in [0, 0.05) is 6.04 Å². The van der Waals surface area contributed by atoms with Crippen molar-refractivity contribution in [2.75, 3.05) is 26.7 Å². The molecule has 1 heterocycles. The summed E-state index contributed by atoms with van der Waals surface area (Å²) in [5.74, 6) is 0.943. The first-order valence-corrected chi connectivity index (χ1v) is 6.50. The summed E-state index contributed by atoms with van der Waals surface area (Å²) in [7, 11) is 2.24. The molecule has 2 atom stereocenters. The van der Waals surface area contributed by atoms with Crippen LogP contribution in [0.15, 0.2) is 0 Å². The van der Waals surface area contributed by atoms with Gasteiger partial charge in [-0.05, 0) is 63.7 Å². The third-order valence-corrected chi connectivity index (χ3v) is 4.32. The van der Waals surface area contributed by atoms with Gasteiger partial charge in [0.05, 0.1) is 0 Å². The van der Waals surface area contributed by atoms with Crippen LogP contribution < -0.4 is 5.32 Å². The molecule has 0 spiro atoms. The van der Waals surface area contributed by atoms with E-state index in [0.717, 1.165) is 12.0 Å². The van der Waals surface area contributed by atoms with Crippen LogP contribution in [0.5, 0.6) is 0 Å². The van der Waals surface area contributed by atoms with Gasteiger partial charge in [0.2, 0.25) is 0 Å². The predicted octanol–water partition coefficient (Wildman–Crippen LogP) is 2.11. The highest BCUT2D eigenvalue weighted by molar-refractivity contribution is 4.96. The minimum absolute atomic E-state index is 0.633. The average molecular weight is 210 g/mol. The topological polar surface area (TPSA) is 15.3 Å². The quantitative estimate of drug-likeness (QED) is 0.767. The van der Waals surface area contributed by atoms with E-state index in [4.69, 9.17) is 0 Å². The summed E-state index contributed by atoms with van der Waals surface area (Å²) in [6.07, 6.45) is 5.50. The van der Waals surface area contributed by atoms with Crippen LogP contribution >= 0.6 is 0 Å². The maximum Gasteiger partial charge on any atom is 0.00798 e. The number of hydrogen-bond donors (Lipinski definition) is 1. The minimum atomic E-state index is 0.633. The van der Waals surface area contributed by atoms with Crippen molar-refractivity contribution in [3.8, 4) is 0 Å². The van der Waals surface area contributed by atoms with E-state index in [1.807, 2.05) is 0 Å². The van der Waals surface area contributed by atoms with E-state index in [9.17, 15) is 0 Å². The molecule has 2 fully saturated rings. The Bertz CT molecular complexity index is 213. The predicted molar refractivity (Wildman–Crippen MR) is 65.0 cm³/mol. The summed E-state index contributed by atoms with van der Waals surface area (Å²) in [4.78, 5) is 2.46. The fraction of sp³-hybridized carbons (Fsp3) is 1.00. The molecule has 15 heavy (non-hydrogen) atoms. The Morgan fingerprint density at radius 1 is 1.27 bits per heavy atom. The fourth-order valence-corrected chi connectivity index (χ4v) is 2.68. The average Bonchev–Trinajstić information content (AvgIpc) is 2.82. The lowest BCUT2D eigenvalue weighted by Gasteiger charge is -2.17. The molecule has 2 heteroatoms. The molecule has 1 saturated carbocycles. The zero-order valence-electron chi connectivity index (χ0n) is 10.6. The SMILES string of the molecule is CN1CCCC(NCC2CC2(C)C)CC1. The van der Waals surface area contributed by atoms with Crippen molar-refractivity contribution in [1.82, 2.24) is 10.2 Å². The molecular formula is C13H26N2. The normalized spacial score (nSPS) is 36.2. The first kappa shape index (κ1) is 11.4. The molecule has 0 aromatic carbocycles. The van der Waals surface area contributed by atoms with E-state index in [1.54, 1.807) is 0 Å². The maximum atomic E-state index is 3.77. The third-order valence-electron chi connectivity index (χ3n) is 4.32. The lowest BCUT2D eigenvalue weighted by Crippen LogP contribution is -2.32. The van der Waals surface area contributed by atoms with E-state index < -0.39 is 0 Å². The highest BCUT2D eigenvalue weighted by Gasteiger charge is 2.45. The highest BCUT2D eigenvalue weighted by atomic mass is 15.1. The molecule has 88 valence electrons. The van der Waals surface area contributed by atoms with Crippen LogP contribution in [0.3, 0.4) is 0 Å². The van der Waals surface area contributed by atoms with Crippen molar-refractivity contribution in [2.24, 2.45) is 11.3 Å². The van der Waals surface area contributed by atoms with Crippen LogP contribution in [0.1, 0.15) is 39.5 Å². The van der Waals surface area contributed by atoms with Crippen molar-refractivity contribution in [2.45, 2.75) is 45.6 Å². The van der Waals surface area contributed by atoms with Gasteiger partial charge in [0.15, 0.2) is 0 Å². The largest absolute Gasteiger partial charge is 0.314 e. The summed E-state index contributed by atoms with van der Waals surface area (Å²) in [5, 5.41) is 3.77. The first-order valence-electron chi connectivity index (χ1n) is 6.50. The Morgan fingerprint density at radius 3 is 2.67 bits per heavy atom. The van der Waals surface area contributed by atoms with E-state index >= 15 is 0 Å². The minimum Gasteiger partial charge on any atom is -0.314 e. The number of nitrogens with one attached hydrogen (secondary N) is 1. The number of nitrogens with zero attached hydrogens (tertiary/aromatic N) is 1. The van der Waals surface area contributed by atoms with Crippen LogP contribution in [0.4, 0.5) is 0 Å². The van der Waals surface area contributed by atoms with Crippen molar-refractivity contribution >= 4 is 0 Å². The molecule has 0 bridgehead atoms. The molecule has 2 unspecified atom stereocenters. The lowest BCUT2D eigenvalue weighted by atomic mass is 10.1. The summed E-state index contributed by atoms with van der Waals surface area (Å²) in [6, 6.07) is 0.784. The van der Waals surface area contributed by atoms with Gasteiger partial charge < -0.3 is 10.2 Å². The zero-order valence-corrected chi connectivity index (χ0v) is 10.6. The van der Waals surface area contributed by atoms with Gasteiger partial charge in [-0.2, -0.15) is 0 Å². The van der Waals surface area contributed by atoms with Gasteiger partial charge in [-0.1, -0.05) is 13.8 Å². The van der Waals surface area contributed by atoms with Gasteiger partial charge in [-0.25, -0.2) is 0 Å².